The Morgan fingerprint density at radius 3 is 1.57 bits per heavy atom. The Morgan fingerprint density at radius 2 is 1.57 bits per heavy atom. The average Bonchev–Trinajstić information content (AvgIpc) is 1.31. The van der Waals surface area contributed by atoms with Crippen molar-refractivity contribution in [2.75, 3.05) is 0 Å². The van der Waals surface area contributed by atoms with Crippen LogP contribution in [0.25, 0.3) is 0 Å². The molecule has 0 aromatic rings. The van der Waals surface area contributed by atoms with Crippen molar-refractivity contribution in [2.24, 2.45) is 5.73 Å². The van der Waals surface area contributed by atoms with Gasteiger partial charge in [0.1, 0.15) is 0 Å². The van der Waals surface area contributed by atoms with Gasteiger partial charge in [-0.2, -0.15) is 0 Å². The zero-order valence-electron chi connectivity index (χ0n) is 3.12. The Kier molecular flexibility index (Phi) is 2.17. The first-order chi connectivity index (χ1) is 2.94. The second kappa shape index (κ2) is 2.07. The van der Waals surface area contributed by atoms with Gasteiger partial charge >= 0.3 is 0 Å². The molecule has 0 saturated heterocycles. The lowest BCUT2D eigenvalue weighted by molar-refractivity contribution is -0.117. The van der Waals surface area contributed by atoms with Gasteiger partial charge in [-0.3, -0.25) is 4.79 Å². The molecule has 0 spiro atoms. The quantitative estimate of drug-likeness (QED) is 0.417. The number of hydrogen-bond acceptors (Lipinski definition) is 1. The highest BCUT2D eigenvalue weighted by Gasteiger charge is 2.26. The molecule has 0 aliphatic rings. The molecule has 0 aromatic heterocycles. The van der Waals surface area contributed by atoms with Crippen LogP contribution in [0.5, 0.6) is 0 Å². The highest BCUT2D eigenvalue weighted by atomic mass is 35.6. The van der Waals surface area contributed by atoms with E-state index in [9.17, 15) is 4.79 Å². The van der Waals surface area contributed by atoms with Crippen molar-refractivity contribution in [3.05, 3.63) is 0 Å². The van der Waals surface area contributed by atoms with Gasteiger partial charge in [0, 0.05) is 0 Å². The third kappa shape index (κ3) is 2.97. The molecular formula is C2H2Cl3NO. The zero-order valence-corrected chi connectivity index (χ0v) is 5.39. The summed E-state index contributed by atoms with van der Waals surface area (Å²) in [7, 11) is 0. The summed E-state index contributed by atoms with van der Waals surface area (Å²) < 4.78 is -1.94. The van der Waals surface area contributed by atoms with Gasteiger partial charge in [-0.05, 0) is 0 Å². The van der Waals surface area contributed by atoms with Crippen LogP contribution in [0.2, 0.25) is 0 Å². The Morgan fingerprint density at radius 1 is 1.43 bits per heavy atom. The van der Waals surface area contributed by atoms with Crippen LogP contribution in [0.3, 0.4) is 0 Å². The van der Waals surface area contributed by atoms with Crippen molar-refractivity contribution in [2.45, 2.75) is 3.79 Å². The van der Waals surface area contributed by atoms with Gasteiger partial charge in [-0.15, -0.1) is 0 Å². The molecule has 0 rings (SSSR count). The van der Waals surface area contributed by atoms with E-state index in [2.05, 4.69) is 5.73 Å². The first-order valence-corrected chi connectivity index (χ1v) is 2.44. The minimum absolute atomic E-state index is 0.961. The number of carbonyl (C=O) groups excluding carboxylic acids is 1. The molecule has 2 N–H and O–H groups in total. The molecule has 0 saturated carbocycles. The smallest absolute Gasteiger partial charge is 0.269 e. The number of amides is 1. The second-order valence-electron chi connectivity index (χ2n) is 0.862. The maximum absolute atomic E-state index is 9.85. The van der Waals surface area contributed by atoms with Gasteiger partial charge in [0.15, 0.2) is 0 Å². The standard InChI is InChI=1S/C2H2Cl3NO/c3-2(4,5)1(6)7/h(H2,6,7)/i6+1. The van der Waals surface area contributed by atoms with E-state index in [1.54, 1.807) is 0 Å². The van der Waals surface area contributed by atoms with Crippen LogP contribution in [-0.4, -0.2) is 9.70 Å². The lowest BCUT2D eigenvalue weighted by Gasteiger charge is -2.01. The van der Waals surface area contributed by atoms with Gasteiger partial charge in [0.05, 0.1) is 0 Å². The molecule has 0 fully saturated rings. The van der Waals surface area contributed by atoms with E-state index in [1.807, 2.05) is 0 Å². The summed E-state index contributed by atoms with van der Waals surface area (Å²) in [6.07, 6.45) is 0. The normalized spacial score (nSPS) is 11.3. The van der Waals surface area contributed by atoms with Crippen molar-refractivity contribution in [1.82, 2.24) is 0 Å². The van der Waals surface area contributed by atoms with Crippen molar-refractivity contribution in [3.8, 4) is 0 Å². The third-order valence-corrected chi connectivity index (χ3v) is 0.838. The summed E-state index contributed by atoms with van der Waals surface area (Å²) in [4.78, 5) is 9.85. The Hall–Kier alpha value is 0.340. The molecule has 5 heteroatoms. The van der Waals surface area contributed by atoms with Crippen LogP contribution in [0.1, 0.15) is 0 Å². The summed E-state index contributed by atoms with van der Waals surface area (Å²) in [6, 6.07) is 0. The Bertz CT molecular complexity index is 85.4. The molecule has 0 bridgehead atoms. The molecule has 1 amide bonds. The fourth-order valence-electron chi connectivity index (χ4n) is 0. The Balaban J connectivity index is 3.79. The second-order valence-corrected chi connectivity index (χ2v) is 3.14. The minimum atomic E-state index is -1.94. The van der Waals surface area contributed by atoms with Gasteiger partial charge in [-0.1, -0.05) is 34.8 Å². The van der Waals surface area contributed by atoms with Gasteiger partial charge < -0.3 is 5.73 Å². The SMILES string of the molecule is [15NH2]C(=O)C(Cl)(Cl)Cl. The summed E-state index contributed by atoms with van der Waals surface area (Å²) in [5.74, 6) is -0.961. The molecule has 0 heterocycles. The molecule has 0 atom stereocenters. The van der Waals surface area contributed by atoms with Crippen molar-refractivity contribution in [3.63, 3.8) is 0 Å². The maximum atomic E-state index is 9.85. The molecule has 0 radical (unpaired) electrons. The van der Waals surface area contributed by atoms with Gasteiger partial charge in [0.25, 0.3) is 9.70 Å². The molecule has 0 aromatic carbocycles. The summed E-state index contributed by atoms with van der Waals surface area (Å²) >= 11 is 14.8. The summed E-state index contributed by atoms with van der Waals surface area (Å²) in [6.45, 7) is 0. The minimum Gasteiger partial charge on any atom is -0.366 e. The third-order valence-electron chi connectivity index (χ3n) is 0.279. The zero-order chi connectivity index (χ0) is 6.08. The number of primary amides is 1. The number of halogens is 3. The fourth-order valence-corrected chi connectivity index (χ4v) is 0. The predicted molar refractivity (Wildman–Crippen MR) is 29.5 cm³/mol. The molecule has 0 unspecified atom stereocenters. The van der Waals surface area contributed by atoms with E-state index in [0.29, 0.717) is 0 Å². The van der Waals surface area contributed by atoms with E-state index in [0.717, 1.165) is 0 Å². The van der Waals surface area contributed by atoms with Crippen LogP contribution >= 0.6 is 34.8 Å². The topological polar surface area (TPSA) is 43.1 Å². The van der Waals surface area contributed by atoms with Crippen LogP contribution in [-0.2, 0) is 4.79 Å². The van der Waals surface area contributed by atoms with Gasteiger partial charge in [-0.25, -0.2) is 0 Å². The largest absolute Gasteiger partial charge is 0.366 e. The fraction of sp³-hybridized carbons (Fsp3) is 0.500. The first-order valence-electron chi connectivity index (χ1n) is 1.31. The van der Waals surface area contributed by atoms with Gasteiger partial charge in [0.2, 0.25) is 0 Å². The van der Waals surface area contributed by atoms with Crippen LogP contribution in [0.15, 0.2) is 0 Å². The molecule has 0 aliphatic heterocycles. The van der Waals surface area contributed by atoms with E-state index in [-0.39, 0.29) is 0 Å². The molecular weight excluding hydrogens is 161 g/mol. The van der Waals surface area contributed by atoms with Crippen LogP contribution < -0.4 is 5.73 Å². The average molecular weight is 163 g/mol. The number of nitrogens with two attached hydrogens (primary N) is 1. The highest BCUT2D eigenvalue weighted by molar-refractivity contribution is 6.76. The number of alkyl halides is 3. The molecule has 0 aliphatic carbocycles. The maximum Gasteiger partial charge on any atom is 0.269 e. The first kappa shape index (κ1) is 7.34. The van der Waals surface area contributed by atoms with Crippen LogP contribution in [0.4, 0.5) is 0 Å². The van der Waals surface area contributed by atoms with Crippen LogP contribution in [0, 0.1) is 0 Å². The molecule has 42 valence electrons. The highest BCUT2D eigenvalue weighted by Crippen LogP contribution is 2.24. The van der Waals surface area contributed by atoms with E-state index < -0.39 is 9.70 Å². The lowest BCUT2D eigenvalue weighted by Crippen LogP contribution is -2.27. The van der Waals surface area contributed by atoms with Crippen molar-refractivity contribution in [1.29, 1.82) is 0 Å². The Labute approximate surface area is 55.5 Å². The summed E-state index contributed by atoms with van der Waals surface area (Å²) in [5, 5.41) is 0. The number of rotatable bonds is 0. The van der Waals surface area contributed by atoms with Crippen molar-refractivity contribution >= 4 is 40.7 Å². The monoisotopic (exact) mass is 162 g/mol. The molecule has 7 heavy (non-hydrogen) atoms. The van der Waals surface area contributed by atoms with E-state index in [4.69, 9.17) is 34.8 Å². The lowest BCUT2D eigenvalue weighted by atomic mass is 10.8. The predicted octanol–water partition coefficient (Wildman–Crippen LogP) is 0.842. The van der Waals surface area contributed by atoms with Crippen molar-refractivity contribution < 1.29 is 4.79 Å². The van der Waals surface area contributed by atoms with E-state index >= 15 is 0 Å². The van der Waals surface area contributed by atoms with E-state index in [1.165, 1.54) is 0 Å². The molecule has 2 nitrogen and oxygen atoms in total. The summed E-state index contributed by atoms with van der Waals surface area (Å²) in [5.41, 5.74) is 4.53. The number of carbonyl (C=O) groups is 1. The number of hydrogen-bond donors (Lipinski definition) is 1.